The summed E-state index contributed by atoms with van der Waals surface area (Å²) in [6, 6.07) is 13.2. The molecule has 2 N–H and O–H groups in total. The van der Waals surface area contributed by atoms with Gasteiger partial charge in [-0.25, -0.2) is 0 Å². The van der Waals surface area contributed by atoms with Gasteiger partial charge in [-0.15, -0.1) is 0 Å². The molecule has 116 valence electrons. The molecule has 2 rings (SSSR count). The average Bonchev–Trinajstić information content (AvgIpc) is 2.47. The molecule has 0 atom stereocenters. The number of aromatic hydroxyl groups is 1. The van der Waals surface area contributed by atoms with Gasteiger partial charge in [-0.1, -0.05) is 56.7 Å². The van der Waals surface area contributed by atoms with Gasteiger partial charge in [0.25, 0.3) is 5.91 Å². The lowest BCUT2D eigenvalue weighted by molar-refractivity contribution is 0.0948. The van der Waals surface area contributed by atoms with Gasteiger partial charge in [0.15, 0.2) is 0 Å². The summed E-state index contributed by atoms with van der Waals surface area (Å²) in [6.07, 6.45) is 0. The molecule has 0 aliphatic carbocycles. The van der Waals surface area contributed by atoms with Crippen LogP contribution in [0, 0.1) is 6.92 Å². The smallest absolute Gasteiger partial charge is 0.255 e. The van der Waals surface area contributed by atoms with Crippen molar-refractivity contribution < 1.29 is 9.90 Å². The number of carbonyl (C=O) groups is 1. The summed E-state index contributed by atoms with van der Waals surface area (Å²) in [7, 11) is 0. The van der Waals surface area contributed by atoms with Gasteiger partial charge in [-0.3, -0.25) is 4.79 Å². The Bertz CT molecular complexity index is 667. The standard InChI is InChI=1S/C19H23NO2/c1-13-5-10-17(21)16(11-13)18(22)20-12-14-6-8-15(9-7-14)19(2,3)4/h5-11,21H,12H2,1-4H3,(H,20,22). The quantitative estimate of drug-likeness (QED) is 0.902. The van der Waals surface area contributed by atoms with Crippen LogP contribution in [0.1, 0.15) is 47.8 Å². The number of phenols is 1. The van der Waals surface area contributed by atoms with Gasteiger partial charge >= 0.3 is 0 Å². The lowest BCUT2D eigenvalue weighted by Crippen LogP contribution is -2.23. The first-order chi connectivity index (χ1) is 10.3. The minimum Gasteiger partial charge on any atom is -0.507 e. The molecule has 3 nitrogen and oxygen atoms in total. The number of hydrogen-bond acceptors (Lipinski definition) is 2. The van der Waals surface area contributed by atoms with Crippen LogP contribution < -0.4 is 5.32 Å². The van der Waals surface area contributed by atoms with Gasteiger partial charge in [0, 0.05) is 6.54 Å². The highest BCUT2D eigenvalue weighted by Gasteiger charge is 2.13. The molecule has 0 unspecified atom stereocenters. The monoisotopic (exact) mass is 297 g/mol. The average molecular weight is 297 g/mol. The Kier molecular flexibility index (Phi) is 4.55. The first-order valence-corrected chi connectivity index (χ1v) is 7.44. The minimum absolute atomic E-state index is 0.00572. The number of amides is 1. The zero-order valence-electron chi connectivity index (χ0n) is 13.6. The number of aryl methyl sites for hydroxylation is 1. The van der Waals surface area contributed by atoms with Crippen LogP contribution in [0.2, 0.25) is 0 Å². The van der Waals surface area contributed by atoms with Crippen LogP contribution in [0.25, 0.3) is 0 Å². The zero-order valence-corrected chi connectivity index (χ0v) is 13.6. The van der Waals surface area contributed by atoms with E-state index in [1.807, 2.05) is 19.1 Å². The Morgan fingerprint density at radius 1 is 1.09 bits per heavy atom. The van der Waals surface area contributed by atoms with Crippen molar-refractivity contribution in [3.05, 3.63) is 64.7 Å². The topological polar surface area (TPSA) is 49.3 Å². The molecule has 1 amide bonds. The Balaban J connectivity index is 2.04. The highest BCUT2D eigenvalue weighted by molar-refractivity contribution is 5.96. The Morgan fingerprint density at radius 3 is 2.32 bits per heavy atom. The number of phenolic OH excluding ortho intramolecular Hbond substituents is 1. The molecule has 0 radical (unpaired) electrons. The third-order valence-electron chi connectivity index (χ3n) is 3.67. The maximum Gasteiger partial charge on any atom is 0.255 e. The predicted molar refractivity (Wildman–Crippen MR) is 89.2 cm³/mol. The van der Waals surface area contributed by atoms with Crippen molar-refractivity contribution in [3.63, 3.8) is 0 Å². The van der Waals surface area contributed by atoms with Gasteiger partial charge in [-0.2, -0.15) is 0 Å². The normalized spacial score (nSPS) is 11.3. The van der Waals surface area contributed by atoms with Crippen molar-refractivity contribution >= 4 is 5.91 Å². The fraction of sp³-hybridized carbons (Fsp3) is 0.316. The Morgan fingerprint density at radius 2 is 1.73 bits per heavy atom. The number of nitrogens with one attached hydrogen (secondary N) is 1. The molecular formula is C19H23NO2. The molecule has 22 heavy (non-hydrogen) atoms. The van der Waals surface area contributed by atoms with Crippen molar-refractivity contribution in [2.24, 2.45) is 0 Å². The molecule has 0 saturated carbocycles. The number of rotatable bonds is 3. The van der Waals surface area contributed by atoms with Crippen LogP contribution in [-0.4, -0.2) is 11.0 Å². The summed E-state index contributed by atoms with van der Waals surface area (Å²) in [5.41, 5.74) is 3.67. The SMILES string of the molecule is Cc1ccc(O)c(C(=O)NCc2ccc(C(C)(C)C)cc2)c1. The molecular weight excluding hydrogens is 274 g/mol. The van der Waals surface area contributed by atoms with E-state index in [1.165, 1.54) is 5.56 Å². The van der Waals surface area contributed by atoms with E-state index in [9.17, 15) is 9.90 Å². The molecule has 0 aliphatic rings. The molecule has 0 aromatic heterocycles. The van der Waals surface area contributed by atoms with Crippen molar-refractivity contribution in [3.8, 4) is 5.75 Å². The van der Waals surface area contributed by atoms with Crippen LogP contribution >= 0.6 is 0 Å². The fourth-order valence-electron chi connectivity index (χ4n) is 2.23. The van der Waals surface area contributed by atoms with E-state index in [0.29, 0.717) is 12.1 Å². The largest absolute Gasteiger partial charge is 0.507 e. The summed E-state index contributed by atoms with van der Waals surface area (Å²) in [4.78, 5) is 12.1. The summed E-state index contributed by atoms with van der Waals surface area (Å²) < 4.78 is 0. The second kappa shape index (κ2) is 6.22. The van der Waals surface area contributed by atoms with E-state index in [-0.39, 0.29) is 17.1 Å². The van der Waals surface area contributed by atoms with Gasteiger partial charge in [0.1, 0.15) is 5.75 Å². The molecule has 0 aliphatic heterocycles. The van der Waals surface area contributed by atoms with Crippen LogP contribution in [0.15, 0.2) is 42.5 Å². The number of benzene rings is 2. The van der Waals surface area contributed by atoms with Crippen molar-refractivity contribution in [1.82, 2.24) is 5.32 Å². The Labute approximate surface area is 132 Å². The third-order valence-corrected chi connectivity index (χ3v) is 3.67. The molecule has 2 aromatic carbocycles. The fourth-order valence-corrected chi connectivity index (χ4v) is 2.23. The predicted octanol–water partition coefficient (Wildman–Crippen LogP) is 3.93. The summed E-state index contributed by atoms with van der Waals surface area (Å²) >= 11 is 0. The van der Waals surface area contributed by atoms with E-state index in [1.54, 1.807) is 18.2 Å². The lowest BCUT2D eigenvalue weighted by atomic mass is 9.87. The lowest BCUT2D eigenvalue weighted by Gasteiger charge is -2.19. The highest BCUT2D eigenvalue weighted by Crippen LogP contribution is 2.22. The van der Waals surface area contributed by atoms with E-state index < -0.39 is 0 Å². The first kappa shape index (κ1) is 16.1. The second-order valence-corrected chi connectivity index (χ2v) is 6.65. The number of carbonyl (C=O) groups excluding carboxylic acids is 1. The Hall–Kier alpha value is -2.29. The first-order valence-electron chi connectivity index (χ1n) is 7.44. The van der Waals surface area contributed by atoms with Crippen molar-refractivity contribution in [1.29, 1.82) is 0 Å². The summed E-state index contributed by atoms with van der Waals surface area (Å²) in [6.45, 7) is 8.84. The van der Waals surface area contributed by atoms with Crippen LogP contribution in [0.3, 0.4) is 0 Å². The summed E-state index contributed by atoms with van der Waals surface area (Å²) in [5.74, 6) is -0.257. The van der Waals surface area contributed by atoms with Gasteiger partial charge in [0.05, 0.1) is 5.56 Å². The molecule has 0 bridgehead atoms. The zero-order chi connectivity index (χ0) is 16.3. The van der Waals surface area contributed by atoms with E-state index >= 15 is 0 Å². The molecule has 0 heterocycles. The third kappa shape index (κ3) is 3.88. The summed E-state index contributed by atoms with van der Waals surface area (Å²) in [5, 5.41) is 12.6. The van der Waals surface area contributed by atoms with E-state index in [2.05, 4.69) is 38.2 Å². The van der Waals surface area contributed by atoms with Gasteiger partial charge < -0.3 is 10.4 Å². The molecule has 3 heteroatoms. The molecule has 0 spiro atoms. The van der Waals surface area contributed by atoms with Crippen LogP contribution in [0.4, 0.5) is 0 Å². The molecule has 2 aromatic rings. The van der Waals surface area contributed by atoms with Crippen LogP contribution in [-0.2, 0) is 12.0 Å². The maximum absolute atomic E-state index is 12.1. The maximum atomic E-state index is 12.1. The highest BCUT2D eigenvalue weighted by atomic mass is 16.3. The van der Waals surface area contributed by atoms with Crippen LogP contribution in [0.5, 0.6) is 5.75 Å². The second-order valence-electron chi connectivity index (χ2n) is 6.65. The molecule has 0 fully saturated rings. The number of hydrogen-bond donors (Lipinski definition) is 2. The van der Waals surface area contributed by atoms with E-state index in [4.69, 9.17) is 0 Å². The molecule has 0 saturated heterocycles. The minimum atomic E-state index is -0.263. The van der Waals surface area contributed by atoms with Gasteiger partial charge in [0.2, 0.25) is 0 Å². The van der Waals surface area contributed by atoms with Gasteiger partial charge in [-0.05, 0) is 35.6 Å². The van der Waals surface area contributed by atoms with E-state index in [0.717, 1.165) is 11.1 Å². The van der Waals surface area contributed by atoms with Crippen molar-refractivity contribution in [2.45, 2.75) is 39.7 Å². The van der Waals surface area contributed by atoms with Crippen molar-refractivity contribution in [2.75, 3.05) is 0 Å².